The fraction of sp³-hybridized carbons (Fsp3) is 0.941. The fourth-order valence-electron chi connectivity index (χ4n) is 3.82. The van der Waals surface area contributed by atoms with E-state index >= 15 is 0 Å². The first-order valence-electron chi connectivity index (χ1n) is 9.24. The van der Waals surface area contributed by atoms with E-state index in [0.717, 1.165) is 0 Å². The summed E-state index contributed by atoms with van der Waals surface area (Å²) in [6.45, 7) is 10.8. The Balaban J connectivity index is 2.01. The third-order valence-corrected chi connectivity index (χ3v) is 7.29. The van der Waals surface area contributed by atoms with E-state index in [9.17, 15) is 9.36 Å². The largest absolute Gasteiger partial charge is 0.372 e. The van der Waals surface area contributed by atoms with Gasteiger partial charge in [0.25, 0.3) is 5.34 Å². The molecule has 0 saturated carbocycles. The number of hydrogen-bond acceptors (Lipinski definition) is 9. The smallest absolute Gasteiger partial charge is 0.348 e. The van der Waals surface area contributed by atoms with Gasteiger partial charge >= 0.3 is 7.60 Å². The summed E-state index contributed by atoms with van der Waals surface area (Å²) in [6.07, 6.45) is -2.46. The van der Waals surface area contributed by atoms with E-state index in [1.54, 1.807) is 41.5 Å². The normalized spacial score (nSPS) is 40.2. The van der Waals surface area contributed by atoms with Gasteiger partial charge in [0.15, 0.2) is 17.9 Å². The van der Waals surface area contributed by atoms with E-state index in [1.807, 2.05) is 0 Å². The van der Waals surface area contributed by atoms with Crippen LogP contribution in [0.15, 0.2) is 0 Å². The minimum atomic E-state index is -4.03. The van der Waals surface area contributed by atoms with Gasteiger partial charge in [0.1, 0.15) is 24.4 Å². The lowest BCUT2D eigenvalue weighted by Gasteiger charge is -2.35. The van der Waals surface area contributed by atoms with Crippen molar-refractivity contribution in [3.8, 4) is 0 Å². The van der Waals surface area contributed by atoms with Crippen LogP contribution in [-0.2, 0) is 42.1 Å². The van der Waals surface area contributed by atoms with Crippen LogP contribution in [0.3, 0.4) is 0 Å². The number of rotatable bonds is 7. The van der Waals surface area contributed by atoms with Crippen LogP contribution in [0, 0.1) is 0 Å². The van der Waals surface area contributed by atoms with Gasteiger partial charge in [-0.2, -0.15) is 0 Å². The van der Waals surface area contributed by atoms with E-state index < -0.39 is 48.9 Å². The fourth-order valence-corrected chi connectivity index (χ4v) is 5.87. The zero-order valence-electron chi connectivity index (χ0n) is 16.6. The molecule has 0 aromatic rings. The van der Waals surface area contributed by atoms with Crippen LogP contribution in [0.5, 0.6) is 0 Å². The van der Waals surface area contributed by atoms with Gasteiger partial charge in [-0.15, -0.1) is 0 Å². The lowest BCUT2D eigenvalue weighted by atomic mass is 10.0. The van der Waals surface area contributed by atoms with E-state index in [0.29, 0.717) is 6.29 Å². The summed E-state index contributed by atoms with van der Waals surface area (Å²) in [5.41, 5.74) is 0. The molecule has 3 saturated heterocycles. The first kappa shape index (κ1) is 21.3. The van der Waals surface area contributed by atoms with Gasteiger partial charge < -0.3 is 32.7 Å². The molecule has 9 nitrogen and oxygen atoms in total. The number of fused-ring (bicyclic) bond motifs is 1. The third-order valence-electron chi connectivity index (χ3n) is 4.78. The van der Waals surface area contributed by atoms with Crippen LogP contribution >= 0.6 is 7.60 Å². The molecule has 0 bridgehead atoms. The van der Waals surface area contributed by atoms with Crippen LogP contribution in [0.1, 0.15) is 41.5 Å². The number of aldehydes is 1. The Kier molecular flexibility index (Phi) is 5.65. The van der Waals surface area contributed by atoms with Crippen LogP contribution in [0.2, 0.25) is 0 Å². The molecule has 0 aromatic heterocycles. The van der Waals surface area contributed by atoms with E-state index in [-0.39, 0.29) is 19.8 Å². The Morgan fingerprint density at radius 2 is 1.59 bits per heavy atom. The quantitative estimate of drug-likeness (QED) is 0.464. The SMILES string of the molecule is CCOP(=O)(OCC)[C@@]1(C=O)O[C@H]([C@H]2COC(C)(C)O2)[C@@H]2OC(C)(C)O[C@@H]21. The summed E-state index contributed by atoms with van der Waals surface area (Å²) < 4.78 is 54.1. The molecule has 27 heavy (non-hydrogen) atoms. The first-order valence-corrected chi connectivity index (χ1v) is 10.8. The molecule has 3 rings (SSSR count). The lowest BCUT2D eigenvalue weighted by Crippen LogP contribution is -2.45. The van der Waals surface area contributed by atoms with Crippen molar-refractivity contribution in [1.29, 1.82) is 0 Å². The van der Waals surface area contributed by atoms with E-state index in [2.05, 4.69) is 0 Å². The van der Waals surface area contributed by atoms with Gasteiger partial charge in [0, 0.05) is 0 Å². The van der Waals surface area contributed by atoms with Crippen molar-refractivity contribution >= 4 is 13.9 Å². The molecular weight excluding hydrogens is 379 g/mol. The molecule has 0 radical (unpaired) electrons. The molecule has 0 amide bonds. The Morgan fingerprint density at radius 3 is 2.07 bits per heavy atom. The summed E-state index contributed by atoms with van der Waals surface area (Å²) in [5, 5.41) is -1.95. The minimum absolute atomic E-state index is 0.0819. The molecule has 5 atom stereocenters. The highest BCUT2D eigenvalue weighted by Gasteiger charge is 2.73. The molecule has 0 unspecified atom stereocenters. The summed E-state index contributed by atoms with van der Waals surface area (Å²) in [6, 6.07) is 0. The van der Waals surface area contributed by atoms with Gasteiger partial charge in [0.05, 0.1) is 19.8 Å². The third kappa shape index (κ3) is 3.53. The van der Waals surface area contributed by atoms with Gasteiger partial charge in [0.2, 0.25) is 0 Å². The van der Waals surface area contributed by atoms with Crippen LogP contribution < -0.4 is 0 Å². The van der Waals surface area contributed by atoms with Crippen LogP contribution in [0.4, 0.5) is 0 Å². The maximum Gasteiger partial charge on any atom is 0.372 e. The standard InChI is InChI=1S/C17H29O9P/c1-7-21-27(19,22-8-2)17(10-18)14-13(24-16(5,6)26-14)12(25-17)11-9-20-15(3,4)23-11/h10-14H,7-9H2,1-6H3/t11-,12-,13+,14+,17-/m1/s1. The van der Waals surface area contributed by atoms with Crippen molar-refractivity contribution < 1.29 is 42.1 Å². The molecule has 3 aliphatic rings. The molecular formula is C17H29O9P. The van der Waals surface area contributed by atoms with Crippen molar-refractivity contribution in [2.75, 3.05) is 19.8 Å². The number of carbonyl (C=O) groups excluding carboxylic acids is 1. The van der Waals surface area contributed by atoms with Crippen LogP contribution in [-0.4, -0.2) is 67.4 Å². The predicted molar refractivity (Wildman–Crippen MR) is 93.3 cm³/mol. The van der Waals surface area contributed by atoms with Gasteiger partial charge in [-0.3, -0.25) is 9.36 Å². The summed E-state index contributed by atoms with van der Waals surface area (Å²) in [7, 11) is -4.03. The monoisotopic (exact) mass is 408 g/mol. The maximum atomic E-state index is 13.6. The molecule has 0 N–H and O–H groups in total. The molecule has 0 spiro atoms. The molecule has 0 aromatic carbocycles. The number of carbonyl (C=O) groups is 1. The highest BCUT2D eigenvalue weighted by atomic mass is 31.2. The van der Waals surface area contributed by atoms with Crippen molar-refractivity contribution in [1.82, 2.24) is 0 Å². The highest BCUT2D eigenvalue weighted by Crippen LogP contribution is 2.67. The Hall–Kier alpha value is -0.380. The molecule has 0 aliphatic carbocycles. The molecule has 10 heteroatoms. The minimum Gasteiger partial charge on any atom is -0.348 e. The van der Waals surface area contributed by atoms with Crippen molar-refractivity contribution in [3.63, 3.8) is 0 Å². The van der Waals surface area contributed by atoms with E-state index in [4.69, 9.17) is 32.7 Å². The Morgan fingerprint density at radius 1 is 0.963 bits per heavy atom. The molecule has 3 heterocycles. The Labute approximate surface area is 159 Å². The average molecular weight is 408 g/mol. The summed E-state index contributed by atoms with van der Waals surface area (Å²) in [5.74, 6) is -1.79. The maximum absolute atomic E-state index is 13.6. The molecule has 3 aliphatic heterocycles. The topological polar surface area (TPSA) is 98.8 Å². The van der Waals surface area contributed by atoms with Gasteiger partial charge in [-0.1, -0.05) is 0 Å². The molecule has 156 valence electrons. The zero-order chi connectivity index (χ0) is 20.1. The average Bonchev–Trinajstić information content (AvgIpc) is 3.17. The second kappa shape index (κ2) is 7.15. The van der Waals surface area contributed by atoms with Crippen molar-refractivity contribution in [3.05, 3.63) is 0 Å². The van der Waals surface area contributed by atoms with Crippen molar-refractivity contribution in [2.45, 2.75) is 82.9 Å². The van der Waals surface area contributed by atoms with Crippen LogP contribution in [0.25, 0.3) is 0 Å². The number of hydrogen-bond donors (Lipinski definition) is 0. The van der Waals surface area contributed by atoms with E-state index in [1.165, 1.54) is 0 Å². The first-order chi connectivity index (χ1) is 12.5. The highest BCUT2D eigenvalue weighted by molar-refractivity contribution is 7.56. The lowest BCUT2D eigenvalue weighted by molar-refractivity contribution is -0.211. The van der Waals surface area contributed by atoms with Gasteiger partial charge in [-0.25, -0.2) is 0 Å². The Bertz CT molecular complexity index is 612. The predicted octanol–water partition coefficient (Wildman–Crippen LogP) is 2.22. The second-order valence-corrected chi connectivity index (χ2v) is 9.88. The van der Waals surface area contributed by atoms with Crippen molar-refractivity contribution in [2.24, 2.45) is 0 Å². The summed E-state index contributed by atoms with van der Waals surface area (Å²) in [4.78, 5) is 12.3. The summed E-state index contributed by atoms with van der Waals surface area (Å²) >= 11 is 0. The second-order valence-electron chi connectivity index (χ2n) is 7.67. The zero-order valence-corrected chi connectivity index (χ0v) is 17.5. The number of ether oxygens (including phenoxy) is 5. The molecule has 3 fully saturated rings. The van der Waals surface area contributed by atoms with Gasteiger partial charge in [-0.05, 0) is 41.5 Å².